The van der Waals surface area contributed by atoms with Crippen molar-refractivity contribution < 1.29 is 13.8 Å². The molecule has 1 aromatic carbocycles. The highest BCUT2D eigenvalue weighted by molar-refractivity contribution is 5.22. The van der Waals surface area contributed by atoms with Gasteiger partial charge in [0.15, 0.2) is 0 Å². The first-order chi connectivity index (χ1) is 7.25. The number of halogens is 1. The van der Waals surface area contributed by atoms with Gasteiger partial charge in [-0.3, -0.25) is 0 Å². The Morgan fingerprint density at radius 2 is 2.27 bits per heavy atom. The highest BCUT2D eigenvalue weighted by Gasteiger charge is 2.05. The monoisotopic (exact) mass is 208 g/mol. The Kier molecular flexibility index (Phi) is 2.62. The van der Waals surface area contributed by atoms with E-state index in [0.29, 0.717) is 17.1 Å². The predicted molar refractivity (Wildman–Crippen MR) is 49.8 cm³/mol. The molecule has 0 spiro atoms. The van der Waals surface area contributed by atoms with E-state index in [1.807, 2.05) is 0 Å². The van der Waals surface area contributed by atoms with Crippen molar-refractivity contribution in [2.45, 2.75) is 13.5 Å². The summed E-state index contributed by atoms with van der Waals surface area (Å²) in [5.41, 5.74) is 1.28. The van der Waals surface area contributed by atoms with E-state index in [-0.39, 0.29) is 12.4 Å². The number of rotatable bonds is 3. The van der Waals surface area contributed by atoms with Gasteiger partial charge in [0.25, 0.3) is 0 Å². The fourth-order valence-electron chi connectivity index (χ4n) is 1.09. The molecule has 4 nitrogen and oxygen atoms in total. The molecule has 0 amide bonds. The zero-order valence-corrected chi connectivity index (χ0v) is 8.11. The second-order valence-electron chi connectivity index (χ2n) is 3.04. The van der Waals surface area contributed by atoms with Crippen LogP contribution in [0.1, 0.15) is 11.4 Å². The lowest BCUT2D eigenvalue weighted by Gasteiger charge is -2.03. The maximum atomic E-state index is 12.8. The number of hydrogen-bond donors (Lipinski definition) is 0. The van der Waals surface area contributed by atoms with Gasteiger partial charge < -0.3 is 4.74 Å². The van der Waals surface area contributed by atoms with Crippen molar-refractivity contribution in [3.8, 4) is 5.75 Å². The van der Waals surface area contributed by atoms with E-state index in [0.717, 1.165) is 0 Å². The number of nitrogens with zero attached hydrogens (tertiary/aromatic N) is 2. The molecule has 2 aromatic rings. The van der Waals surface area contributed by atoms with Crippen LogP contribution in [-0.4, -0.2) is 10.3 Å². The molecule has 0 unspecified atom stereocenters. The number of ether oxygens (including phenoxy) is 1. The van der Waals surface area contributed by atoms with Crippen molar-refractivity contribution in [3.05, 3.63) is 41.5 Å². The Balaban J connectivity index is 2.02. The summed E-state index contributed by atoms with van der Waals surface area (Å²) in [5, 5.41) is 7.25. The van der Waals surface area contributed by atoms with Crippen LogP contribution < -0.4 is 4.74 Å². The highest BCUT2D eigenvalue weighted by Crippen LogP contribution is 2.14. The molecule has 1 heterocycles. The standard InChI is InChI=1S/C10H9FN2O2/c1-7-10(13-15-12-7)6-14-9-4-2-3-8(11)5-9/h2-5H,6H2,1H3. The number of benzene rings is 1. The van der Waals surface area contributed by atoms with E-state index in [2.05, 4.69) is 14.9 Å². The maximum absolute atomic E-state index is 12.8. The first kappa shape index (κ1) is 9.64. The number of aromatic nitrogens is 2. The summed E-state index contributed by atoms with van der Waals surface area (Å²) in [7, 11) is 0. The van der Waals surface area contributed by atoms with Crippen LogP contribution in [0.2, 0.25) is 0 Å². The third-order valence-electron chi connectivity index (χ3n) is 1.92. The molecule has 15 heavy (non-hydrogen) atoms. The second-order valence-corrected chi connectivity index (χ2v) is 3.04. The Morgan fingerprint density at radius 1 is 1.40 bits per heavy atom. The van der Waals surface area contributed by atoms with E-state index >= 15 is 0 Å². The average molecular weight is 208 g/mol. The molecule has 0 atom stereocenters. The molecule has 0 fully saturated rings. The molecule has 5 heteroatoms. The molecule has 0 aliphatic carbocycles. The molecule has 0 bridgehead atoms. The molecular weight excluding hydrogens is 199 g/mol. The third kappa shape index (κ3) is 2.31. The Morgan fingerprint density at radius 3 is 2.93 bits per heavy atom. The summed E-state index contributed by atoms with van der Waals surface area (Å²) in [6.45, 7) is 1.99. The van der Waals surface area contributed by atoms with Crippen molar-refractivity contribution in [1.29, 1.82) is 0 Å². The lowest BCUT2D eigenvalue weighted by Crippen LogP contribution is -1.97. The van der Waals surface area contributed by atoms with Gasteiger partial charge in [-0.25, -0.2) is 9.02 Å². The fourth-order valence-corrected chi connectivity index (χ4v) is 1.09. The van der Waals surface area contributed by atoms with E-state index in [9.17, 15) is 4.39 Å². The van der Waals surface area contributed by atoms with Gasteiger partial charge in [-0.15, -0.1) is 0 Å². The lowest BCUT2D eigenvalue weighted by molar-refractivity contribution is 0.269. The second kappa shape index (κ2) is 4.08. The largest absolute Gasteiger partial charge is 0.487 e. The van der Waals surface area contributed by atoms with E-state index in [1.54, 1.807) is 19.1 Å². The van der Waals surface area contributed by atoms with Crippen LogP contribution in [0.3, 0.4) is 0 Å². The SMILES string of the molecule is Cc1nonc1COc1cccc(F)c1. The summed E-state index contributed by atoms with van der Waals surface area (Å²) in [6.07, 6.45) is 0. The first-order valence-corrected chi connectivity index (χ1v) is 4.42. The van der Waals surface area contributed by atoms with Crippen molar-refractivity contribution >= 4 is 0 Å². The van der Waals surface area contributed by atoms with Crippen molar-refractivity contribution in [3.63, 3.8) is 0 Å². The van der Waals surface area contributed by atoms with Crippen LogP contribution in [0.4, 0.5) is 4.39 Å². The van der Waals surface area contributed by atoms with Crippen molar-refractivity contribution in [2.24, 2.45) is 0 Å². The Hall–Kier alpha value is -1.91. The summed E-state index contributed by atoms with van der Waals surface area (Å²) in [4.78, 5) is 0. The van der Waals surface area contributed by atoms with Crippen LogP contribution in [0, 0.1) is 12.7 Å². The van der Waals surface area contributed by atoms with Crippen LogP contribution in [0.15, 0.2) is 28.9 Å². The van der Waals surface area contributed by atoms with Gasteiger partial charge in [-0.05, 0) is 19.1 Å². The van der Waals surface area contributed by atoms with E-state index < -0.39 is 0 Å². The zero-order chi connectivity index (χ0) is 10.7. The van der Waals surface area contributed by atoms with Crippen LogP contribution in [0.5, 0.6) is 5.75 Å². The zero-order valence-electron chi connectivity index (χ0n) is 8.11. The van der Waals surface area contributed by atoms with Crippen LogP contribution in [-0.2, 0) is 6.61 Å². The number of hydrogen-bond acceptors (Lipinski definition) is 4. The summed E-state index contributed by atoms with van der Waals surface area (Å²) >= 11 is 0. The molecule has 0 aliphatic heterocycles. The number of aryl methyl sites for hydroxylation is 1. The maximum Gasteiger partial charge on any atom is 0.145 e. The lowest BCUT2D eigenvalue weighted by atomic mass is 10.3. The molecule has 0 saturated heterocycles. The molecular formula is C10H9FN2O2. The highest BCUT2D eigenvalue weighted by atomic mass is 19.1. The summed E-state index contributed by atoms with van der Waals surface area (Å²) in [6, 6.07) is 5.92. The molecule has 0 radical (unpaired) electrons. The molecule has 0 saturated carbocycles. The Bertz CT molecular complexity index is 456. The van der Waals surface area contributed by atoms with Gasteiger partial charge in [0.2, 0.25) is 0 Å². The molecule has 2 rings (SSSR count). The van der Waals surface area contributed by atoms with Gasteiger partial charge in [0.05, 0.1) is 0 Å². The van der Waals surface area contributed by atoms with Gasteiger partial charge in [-0.1, -0.05) is 16.4 Å². The average Bonchev–Trinajstić information content (AvgIpc) is 2.61. The molecule has 0 N–H and O–H groups in total. The smallest absolute Gasteiger partial charge is 0.145 e. The molecule has 78 valence electrons. The normalized spacial score (nSPS) is 10.3. The van der Waals surface area contributed by atoms with E-state index in [4.69, 9.17) is 4.74 Å². The summed E-state index contributed by atoms with van der Waals surface area (Å²) in [5.74, 6) is 0.125. The molecule has 0 aliphatic rings. The minimum atomic E-state index is -0.331. The minimum Gasteiger partial charge on any atom is -0.487 e. The Labute approximate surface area is 85.6 Å². The summed E-state index contributed by atoms with van der Waals surface area (Å²) < 4.78 is 22.6. The van der Waals surface area contributed by atoms with Gasteiger partial charge >= 0.3 is 0 Å². The quantitative estimate of drug-likeness (QED) is 0.774. The van der Waals surface area contributed by atoms with E-state index in [1.165, 1.54) is 12.1 Å². The van der Waals surface area contributed by atoms with Gasteiger partial charge in [0.1, 0.15) is 29.6 Å². The topological polar surface area (TPSA) is 48.2 Å². The fraction of sp³-hybridized carbons (Fsp3) is 0.200. The van der Waals surface area contributed by atoms with Crippen molar-refractivity contribution in [1.82, 2.24) is 10.3 Å². The van der Waals surface area contributed by atoms with Crippen LogP contribution >= 0.6 is 0 Å². The van der Waals surface area contributed by atoms with Crippen molar-refractivity contribution in [2.75, 3.05) is 0 Å². The first-order valence-electron chi connectivity index (χ1n) is 4.42. The minimum absolute atomic E-state index is 0.221. The predicted octanol–water partition coefficient (Wildman–Crippen LogP) is 2.10. The van der Waals surface area contributed by atoms with Gasteiger partial charge in [0, 0.05) is 6.07 Å². The van der Waals surface area contributed by atoms with Crippen LogP contribution in [0.25, 0.3) is 0 Å². The molecule has 1 aromatic heterocycles. The van der Waals surface area contributed by atoms with Gasteiger partial charge in [-0.2, -0.15) is 0 Å². The third-order valence-corrected chi connectivity index (χ3v) is 1.92.